The number of carbonyl (C=O) groups excluding carboxylic acids is 5. The second-order valence-electron chi connectivity index (χ2n) is 14.1. The zero-order chi connectivity index (χ0) is 36.9. The predicted octanol–water partition coefficient (Wildman–Crippen LogP) is 5.97. The third-order valence-electron chi connectivity index (χ3n) is 7.55. The lowest BCUT2D eigenvalue weighted by Crippen LogP contribution is -2.51. The van der Waals surface area contributed by atoms with Crippen LogP contribution in [0.3, 0.4) is 0 Å². The summed E-state index contributed by atoms with van der Waals surface area (Å²) >= 11 is 0. The molecule has 0 aromatic heterocycles. The third-order valence-corrected chi connectivity index (χ3v) is 7.55. The minimum Gasteiger partial charge on any atom is -0.458 e. The van der Waals surface area contributed by atoms with Gasteiger partial charge in [-0.1, -0.05) is 88.4 Å². The number of carbonyl (C=O) groups is 5. The lowest BCUT2D eigenvalue weighted by Gasteiger charge is -2.33. The number of esters is 3. The first-order chi connectivity index (χ1) is 22.9. The van der Waals surface area contributed by atoms with Crippen LogP contribution in [0.4, 0.5) is 4.79 Å². The smallest absolute Gasteiger partial charge is 0.410 e. The molecule has 0 unspecified atom stereocenters. The van der Waals surface area contributed by atoms with Crippen molar-refractivity contribution in [2.24, 2.45) is 11.8 Å². The first-order valence-electron chi connectivity index (χ1n) is 16.8. The molecule has 0 aliphatic heterocycles. The molecule has 49 heavy (non-hydrogen) atoms. The molecular weight excluding hydrogens is 628 g/mol. The van der Waals surface area contributed by atoms with Crippen LogP contribution in [0.25, 0.3) is 0 Å². The Kier molecular flexibility index (Phi) is 15.8. The number of amides is 2. The molecule has 270 valence electrons. The van der Waals surface area contributed by atoms with Gasteiger partial charge in [0.05, 0.1) is 0 Å². The predicted molar refractivity (Wildman–Crippen MR) is 185 cm³/mol. The normalized spacial score (nSPS) is 13.9. The third kappa shape index (κ3) is 13.9. The molecule has 4 atom stereocenters. The summed E-state index contributed by atoms with van der Waals surface area (Å²) < 4.78 is 22.4. The number of nitrogens with zero attached hydrogens (tertiary/aromatic N) is 2. The largest absolute Gasteiger partial charge is 0.458 e. The van der Waals surface area contributed by atoms with Crippen LogP contribution in [-0.2, 0) is 51.2 Å². The van der Waals surface area contributed by atoms with Gasteiger partial charge in [0.25, 0.3) is 5.91 Å². The second-order valence-corrected chi connectivity index (χ2v) is 14.1. The fourth-order valence-corrected chi connectivity index (χ4v) is 4.96. The van der Waals surface area contributed by atoms with E-state index in [2.05, 4.69) is 0 Å². The summed E-state index contributed by atoms with van der Waals surface area (Å²) in [5.74, 6) is -2.95. The molecule has 0 heterocycles. The number of hydrogen-bond acceptors (Lipinski definition) is 9. The minimum atomic E-state index is -1.29. The fraction of sp³-hybridized carbons (Fsp3) is 0.553. The maximum absolute atomic E-state index is 13.8. The van der Waals surface area contributed by atoms with Gasteiger partial charge in [0.2, 0.25) is 6.10 Å². The first kappa shape index (κ1) is 40.8. The van der Waals surface area contributed by atoms with Gasteiger partial charge < -0.3 is 23.8 Å². The molecular formula is C38H54N2O9. The van der Waals surface area contributed by atoms with Crippen molar-refractivity contribution in [1.29, 1.82) is 0 Å². The number of benzene rings is 2. The standard InChI is InChI=1S/C38H54N2O9/c1-25(2)21-30(35(43)48-32(23-28-17-13-11-14-18-28)36(44)46-24-29-19-15-12-16-20-29)39(9)33(41)27(5)47-34(42)31(22-26(3)4)40(10)37(45)49-38(6,7)8/h11-20,25-27,30-32H,21-24H2,1-10H3/t27-,30+,31+,32-/m1/s1. The number of rotatable bonds is 16. The summed E-state index contributed by atoms with van der Waals surface area (Å²) in [7, 11) is 2.88. The Morgan fingerprint density at radius 3 is 1.61 bits per heavy atom. The van der Waals surface area contributed by atoms with Crippen molar-refractivity contribution < 1.29 is 42.9 Å². The highest BCUT2D eigenvalue weighted by Gasteiger charge is 2.38. The lowest BCUT2D eigenvalue weighted by atomic mass is 10.0. The van der Waals surface area contributed by atoms with E-state index in [9.17, 15) is 24.0 Å². The van der Waals surface area contributed by atoms with Gasteiger partial charge in [-0.2, -0.15) is 0 Å². The van der Waals surface area contributed by atoms with E-state index in [1.807, 2.05) is 88.4 Å². The van der Waals surface area contributed by atoms with Gasteiger partial charge in [-0.25, -0.2) is 19.2 Å². The summed E-state index contributed by atoms with van der Waals surface area (Å²) in [5, 5.41) is 0. The van der Waals surface area contributed by atoms with Crippen molar-refractivity contribution >= 4 is 29.9 Å². The SMILES string of the molecule is CC(C)C[C@@H](C(=O)O[C@H](C)C(=O)N(C)[C@@H](CC(C)C)C(=O)O[C@H](Cc1ccccc1)C(=O)OCc1ccccc1)N(C)C(=O)OC(C)(C)C. The molecule has 0 spiro atoms. The van der Waals surface area contributed by atoms with E-state index in [0.717, 1.165) is 11.1 Å². The van der Waals surface area contributed by atoms with E-state index < -0.39 is 59.8 Å². The number of hydrogen-bond donors (Lipinski definition) is 0. The first-order valence-corrected chi connectivity index (χ1v) is 16.8. The van der Waals surface area contributed by atoms with E-state index in [-0.39, 0.29) is 37.7 Å². The van der Waals surface area contributed by atoms with Crippen LogP contribution < -0.4 is 0 Å². The summed E-state index contributed by atoms with van der Waals surface area (Å²) in [5.41, 5.74) is 0.761. The molecule has 0 saturated heterocycles. The Hall–Kier alpha value is -4.41. The van der Waals surface area contributed by atoms with Gasteiger partial charge in [-0.3, -0.25) is 9.69 Å². The van der Waals surface area contributed by atoms with Crippen LogP contribution in [0.15, 0.2) is 60.7 Å². The molecule has 0 N–H and O–H groups in total. The highest BCUT2D eigenvalue weighted by Crippen LogP contribution is 2.20. The molecule has 2 aromatic carbocycles. The summed E-state index contributed by atoms with van der Waals surface area (Å²) in [6.45, 7) is 14.2. The molecule has 0 aliphatic rings. The van der Waals surface area contributed by atoms with Gasteiger partial charge >= 0.3 is 24.0 Å². The topological polar surface area (TPSA) is 129 Å². The zero-order valence-corrected chi connectivity index (χ0v) is 30.6. The molecule has 0 fully saturated rings. The van der Waals surface area contributed by atoms with E-state index in [1.165, 1.54) is 30.8 Å². The van der Waals surface area contributed by atoms with Crippen LogP contribution in [0, 0.1) is 11.8 Å². The maximum atomic E-state index is 13.8. The lowest BCUT2D eigenvalue weighted by molar-refractivity contribution is -0.175. The number of ether oxygens (including phenoxy) is 4. The Morgan fingerprint density at radius 2 is 1.12 bits per heavy atom. The molecule has 0 bridgehead atoms. The van der Waals surface area contributed by atoms with E-state index >= 15 is 0 Å². The quantitative estimate of drug-likeness (QED) is 0.155. The molecule has 0 saturated carbocycles. The highest BCUT2D eigenvalue weighted by molar-refractivity contribution is 5.90. The van der Waals surface area contributed by atoms with Crippen molar-refractivity contribution in [2.45, 2.75) is 111 Å². The molecule has 0 radical (unpaired) electrons. The fourth-order valence-electron chi connectivity index (χ4n) is 4.96. The highest BCUT2D eigenvalue weighted by atomic mass is 16.6. The summed E-state index contributed by atoms with van der Waals surface area (Å²) in [6, 6.07) is 16.2. The zero-order valence-electron chi connectivity index (χ0n) is 30.6. The van der Waals surface area contributed by atoms with Crippen LogP contribution >= 0.6 is 0 Å². The molecule has 2 aromatic rings. The molecule has 2 amide bonds. The van der Waals surface area contributed by atoms with E-state index in [4.69, 9.17) is 18.9 Å². The van der Waals surface area contributed by atoms with Crippen molar-refractivity contribution in [2.75, 3.05) is 14.1 Å². The van der Waals surface area contributed by atoms with Crippen molar-refractivity contribution in [3.63, 3.8) is 0 Å². The Bertz CT molecular complexity index is 1370. The Labute approximate surface area is 291 Å². The van der Waals surface area contributed by atoms with Gasteiger partial charge in [-0.15, -0.1) is 0 Å². The average molecular weight is 683 g/mol. The summed E-state index contributed by atoms with van der Waals surface area (Å²) in [4.78, 5) is 69.2. The second kappa shape index (κ2) is 19.0. The molecule has 0 aliphatic carbocycles. The van der Waals surface area contributed by atoms with Gasteiger partial charge in [0, 0.05) is 20.5 Å². The minimum absolute atomic E-state index is 0.000125. The van der Waals surface area contributed by atoms with E-state index in [0.29, 0.717) is 0 Å². The van der Waals surface area contributed by atoms with E-state index in [1.54, 1.807) is 20.8 Å². The molecule has 11 nitrogen and oxygen atoms in total. The summed E-state index contributed by atoms with van der Waals surface area (Å²) in [6.07, 6.45) is -2.70. The van der Waals surface area contributed by atoms with Gasteiger partial charge in [0.15, 0.2) is 6.10 Å². The van der Waals surface area contributed by atoms with Gasteiger partial charge in [0.1, 0.15) is 24.3 Å². The van der Waals surface area contributed by atoms with Crippen LogP contribution in [0.5, 0.6) is 0 Å². The van der Waals surface area contributed by atoms with Crippen molar-refractivity contribution in [3.8, 4) is 0 Å². The molecule has 11 heteroatoms. The Balaban J connectivity index is 2.24. The Morgan fingerprint density at radius 1 is 0.653 bits per heavy atom. The van der Waals surface area contributed by atoms with Crippen LogP contribution in [0.2, 0.25) is 0 Å². The monoisotopic (exact) mass is 682 g/mol. The maximum Gasteiger partial charge on any atom is 0.410 e. The number of likely N-dealkylation sites (N-methyl/N-ethyl adjacent to an activating group) is 2. The van der Waals surface area contributed by atoms with Crippen LogP contribution in [-0.4, -0.2) is 83.7 Å². The van der Waals surface area contributed by atoms with Crippen molar-refractivity contribution in [1.82, 2.24) is 9.80 Å². The van der Waals surface area contributed by atoms with Gasteiger partial charge in [-0.05, 0) is 63.5 Å². The van der Waals surface area contributed by atoms with Crippen molar-refractivity contribution in [3.05, 3.63) is 71.8 Å². The van der Waals surface area contributed by atoms with Crippen LogP contribution in [0.1, 0.15) is 79.4 Å². The molecule has 2 rings (SSSR count). The average Bonchev–Trinajstić information content (AvgIpc) is 3.03.